The van der Waals surface area contributed by atoms with Gasteiger partial charge in [-0.1, -0.05) is 13.8 Å². The maximum Gasteiger partial charge on any atom is 0.239 e. The topological polar surface area (TPSA) is 80.4 Å². The first kappa shape index (κ1) is 15.6. The quantitative estimate of drug-likeness (QED) is 0.706. The van der Waals surface area contributed by atoms with Gasteiger partial charge in [-0.2, -0.15) is 4.98 Å². The van der Waals surface area contributed by atoms with E-state index < -0.39 is 0 Å². The lowest BCUT2D eigenvalue weighted by molar-refractivity contribution is 0.234. The number of hydrogen-bond acceptors (Lipinski definition) is 5. The van der Waals surface area contributed by atoms with Gasteiger partial charge in [0, 0.05) is 12.6 Å². The molecular weight excluding hydrogens is 242 g/mol. The number of nitrogen functional groups attached to an aromatic ring is 1. The maximum absolute atomic E-state index is 9.08. The third kappa shape index (κ3) is 4.95. The molecule has 1 unspecified atom stereocenters. The zero-order chi connectivity index (χ0) is 14.4. The number of ether oxygens (including phenoxy) is 1. The molecule has 19 heavy (non-hydrogen) atoms. The molecule has 0 aliphatic rings. The van der Waals surface area contributed by atoms with Crippen LogP contribution in [0.25, 0.3) is 0 Å². The van der Waals surface area contributed by atoms with E-state index in [1.807, 2.05) is 19.9 Å². The summed E-state index contributed by atoms with van der Waals surface area (Å²) in [6.07, 6.45) is 0.716. The first-order valence-corrected chi connectivity index (χ1v) is 6.74. The molecule has 0 spiro atoms. The van der Waals surface area contributed by atoms with Crippen LogP contribution in [0.15, 0.2) is 12.1 Å². The zero-order valence-corrected chi connectivity index (χ0v) is 12.2. The van der Waals surface area contributed by atoms with E-state index in [1.165, 1.54) is 0 Å². The standard InChI is InChI=1S/C14H25N3O2/c1-9(2)12(7-8-18)16-13-6-5-11(15)14(17-13)19-10(3)4/h5-6,9-10,12,18H,7-8,15H2,1-4H3,(H,16,17). The van der Waals surface area contributed by atoms with E-state index in [4.69, 9.17) is 15.6 Å². The molecule has 1 aromatic heterocycles. The van der Waals surface area contributed by atoms with Gasteiger partial charge in [0.25, 0.3) is 0 Å². The monoisotopic (exact) mass is 267 g/mol. The Labute approximate surface area is 115 Å². The van der Waals surface area contributed by atoms with Gasteiger partial charge in [-0.15, -0.1) is 0 Å². The second kappa shape index (κ2) is 7.19. The number of aromatic nitrogens is 1. The summed E-state index contributed by atoms with van der Waals surface area (Å²) in [6, 6.07) is 3.78. The normalized spacial score (nSPS) is 12.8. The van der Waals surface area contributed by atoms with Crippen molar-refractivity contribution in [3.05, 3.63) is 12.1 Å². The molecule has 0 saturated heterocycles. The van der Waals surface area contributed by atoms with Crippen LogP contribution in [0.5, 0.6) is 5.88 Å². The van der Waals surface area contributed by atoms with Gasteiger partial charge in [-0.05, 0) is 38.3 Å². The predicted octanol–water partition coefficient (Wildman–Crippen LogP) is 2.27. The second-order valence-electron chi connectivity index (χ2n) is 5.26. The molecule has 108 valence electrons. The van der Waals surface area contributed by atoms with Gasteiger partial charge in [-0.3, -0.25) is 0 Å². The molecular formula is C14H25N3O2. The van der Waals surface area contributed by atoms with Crippen LogP contribution in [-0.2, 0) is 0 Å². The summed E-state index contributed by atoms with van der Waals surface area (Å²) in [5, 5.41) is 12.4. The number of nitrogens with two attached hydrogens (primary N) is 1. The van der Waals surface area contributed by atoms with Crippen LogP contribution >= 0.6 is 0 Å². The van der Waals surface area contributed by atoms with Crippen molar-refractivity contribution in [2.45, 2.75) is 46.3 Å². The number of hydrogen-bond donors (Lipinski definition) is 3. The van der Waals surface area contributed by atoms with Gasteiger partial charge in [0.15, 0.2) is 0 Å². The van der Waals surface area contributed by atoms with Gasteiger partial charge in [0.2, 0.25) is 5.88 Å². The number of aliphatic hydroxyl groups excluding tert-OH is 1. The van der Waals surface area contributed by atoms with Gasteiger partial charge in [0.05, 0.1) is 11.8 Å². The van der Waals surface area contributed by atoms with Crippen molar-refractivity contribution < 1.29 is 9.84 Å². The van der Waals surface area contributed by atoms with Crippen LogP contribution in [0.2, 0.25) is 0 Å². The van der Waals surface area contributed by atoms with Crippen molar-refractivity contribution in [3.63, 3.8) is 0 Å². The molecule has 0 aromatic carbocycles. The van der Waals surface area contributed by atoms with E-state index >= 15 is 0 Å². The second-order valence-corrected chi connectivity index (χ2v) is 5.26. The van der Waals surface area contributed by atoms with Crippen LogP contribution in [0.1, 0.15) is 34.1 Å². The van der Waals surface area contributed by atoms with E-state index in [0.29, 0.717) is 23.9 Å². The Hall–Kier alpha value is -1.49. The molecule has 0 aliphatic heterocycles. The predicted molar refractivity (Wildman–Crippen MR) is 78.4 cm³/mol. The van der Waals surface area contributed by atoms with Gasteiger partial charge < -0.3 is 20.9 Å². The molecule has 1 rings (SSSR count). The lowest BCUT2D eigenvalue weighted by atomic mass is 10.0. The van der Waals surface area contributed by atoms with Crippen molar-refractivity contribution >= 4 is 11.5 Å². The van der Waals surface area contributed by atoms with E-state index in [0.717, 1.165) is 5.82 Å². The number of aliphatic hydroxyl groups is 1. The number of nitrogens with zero attached hydrogens (tertiary/aromatic N) is 1. The average molecular weight is 267 g/mol. The summed E-state index contributed by atoms with van der Waals surface area (Å²) >= 11 is 0. The minimum absolute atomic E-state index is 0.0309. The number of rotatable bonds is 7. The Balaban J connectivity index is 2.83. The van der Waals surface area contributed by atoms with E-state index in [1.54, 1.807) is 6.07 Å². The fourth-order valence-electron chi connectivity index (χ4n) is 1.75. The van der Waals surface area contributed by atoms with Gasteiger partial charge in [0.1, 0.15) is 5.82 Å². The molecule has 0 fully saturated rings. The molecule has 1 atom stereocenters. The lowest BCUT2D eigenvalue weighted by Gasteiger charge is -2.22. The molecule has 0 aliphatic carbocycles. The highest BCUT2D eigenvalue weighted by Crippen LogP contribution is 2.23. The zero-order valence-electron chi connectivity index (χ0n) is 12.2. The molecule has 5 heteroatoms. The Bertz CT molecular complexity index is 394. The maximum atomic E-state index is 9.08. The third-order valence-corrected chi connectivity index (χ3v) is 2.82. The van der Waals surface area contributed by atoms with Crippen molar-refractivity contribution in [1.82, 2.24) is 4.98 Å². The number of anilines is 2. The summed E-state index contributed by atoms with van der Waals surface area (Å²) < 4.78 is 5.56. The minimum atomic E-state index is 0.0309. The first-order chi connectivity index (χ1) is 8.93. The fourth-order valence-corrected chi connectivity index (χ4v) is 1.75. The minimum Gasteiger partial charge on any atom is -0.473 e. The first-order valence-electron chi connectivity index (χ1n) is 6.74. The van der Waals surface area contributed by atoms with Crippen molar-refractivity contribution in [1.29, 1.82) is 0 Å². The van der Waals surface area contributed by atoms with E-state index in [-0.39, 0.29) is 18.8 Å². The molecule has 1 aromatic rings. The molecule has 4 N–H and O–H groups in total. The summed E-state index contributed by atoms with van der Waals surface area (Å²) in [6.45, 7) is 8.24. The highest BCUT2D eigenvalue weighted by Gasteiger charge is 2.14. The number of pyridine rings is 1. The highest BCUT2D eigenvalue weighted by atomic mass is 16.5. The largest absolute Gasteiger partial charge is 0.473 e. The Kier molecular flexibility index (Phi) is 5.89. The molecule has 5 nitrogen and oxygen atoms in total. The number of nitrogens with one attached hydrogen (secondary N) is 1. The molecule has 0 radical (unpaired) electrons. The Morgan fingerprint density at radius 2 is 2.00 bits per heavy atom. The third-order valence-electron chi connectivity index (χ3n) is 2.82. The SMILES string of the molecule is CC(C)Oc1nc(NC(CCO)C(C)C)ccc1N. The highest BCUT2D eigenvalue weighted by molar-refractivity contribution is 5.54. The Morgan fingerprint density at radius 1 is 1.32 bits per heavy atom. The van der Waals surface area contributed by atoms with E-state index in [9.17, 15) is 0 Å². The van der Waals surface area contributed by atoms with Crippen LogP contribution in [-0.4, -0.2) is 28.8 Å². The van der Waals surface area contributed by atoms with Gasteiger partial charge >= 0.3 is 0 Å². The van der Waals surface area contributed by atoms with Crippen LogP contribution in [0, 0.1) is 5.92 Å². The van der Waals surface area contributed by atoms with Crippen molar-refractivity contribution in [3.8, 4) is 5.88 Å². The van der Waals surface area contributed by atoms with Crippen molar-refractivity contribution in [2.75, 3.05) is 17.7 Å². The smallest absolute Gasteiger partial charge is 0.239 e. The summed E-state index contributed by atoms with van der Waals surface area (Å²) in [7, 11) is 0. The molecule has 1 heterocycles. The van der Waals surface area contributed by atoms with Crippen LogP contribution in [0.4, 0.5) is 11.5 Å². The van der Waals surface area contributed by atoms with Crippen molar-refractivity contribution in [2.24, 2.45) is 5.92 Å². The Morgan fingerprint density at radius 3 is 2.53 bits per heavy atom. The van der Waals surface area contributed by atoms with Gasteiger partial charge in [-0.25, -0.2) is 0 Å². The van der Waals surface area contributed by atoms with Crippen LogP contribution in [0.3, 0.4) is 0 Å². The molecule has 0 bridgehead atoms. The summed E-state index contributed by atoms with van der Waals surface area (Å²) in [4.78, 5) is 4.38. The molecule has 0 saturated carbocycles. The summed E-state index contributed by atoms with van der Waals surface area (Å²) in [5.74, 6) is 1.57. The fraction of sp³-hybridized carbons (Fsp3) is 0.643. The van der Waals surface area contributed by atoms with E-state index in [2.05, 4.69) is 24.1 Å². The average Bonchev–Trinajstić information content (AvgIpc) is 2.32. The summed E-state index contributed by atoms with van der Waals surface area (Å²) in [5.41, 5.74) is 6.36. The van der Waals surface area contributed by atoms with Crippen LogP contribution < -0.4 is 15.8 Å². The lowest BCUT2D eigenvalue weighted by Crippen LogP contribution is -2.27. The molecule has 0 amide bonds.